The molecular formula is C5H12N2O3. The first-order valence-electron chi connectivity index (χ1n) is 2.86. The Hall–Kier alpha value is -0.650. The smallest absolute Gasteiger partial charge is 0.263 e. The van der Waals surface area contributed by atoms with Crippen LogP contribution in [0.15, 0.2) is 0 Å². The highest BCUT2D eigenvalue weighted by molar-refractivity contribution is 5.81. The minimum atomic E-state index is -0.931. The molecule has 0 heterocycles. The van der Waals surface area contributed by atoms with Gasteiger partial charge in [-0.3, -0.25) is 9.63 Å². The average Bonchev–Trinajstić information content (AvgIpc) is 1.87. The molecule has 0 radical (unpaired) electrons. The Bertz CT molecular complexity index is 115. The van der Waals surface area contributed by atoms with Gasteiger partial charge in [-0.15, -0.1) is 0 Å². The fourth-order valence-corrected chi connectivity index (χ4v) is 0.388. The van der Waals surface area contributed by atoms with Crippen molar-refractivity contribution in [1.29, 1.82) is 0 Å². The molecule has 0 aliphatic carbocycles. The third-order valence-corrected chi connectivity index (χ3v) is 1.03. The minimum Gasteiger partial charge on any atom is -0.391 e. The van der Waals surface area contributed by atoms with Crippen molar-refractivity contribution in [1.82, 2.24) is 5.48 Å². The van der Waals surface area contributed by atoms with Crippen molar-refractivity contribution < 1.29 is 14.7 Å². The van der Waals surface area contributed by atoms with E-state index < -0.39 is 18.1 Å². The zero-order chi connectivity index (χ0) is 8.15. The largest absolute Gasteiger partial charge is 0.391 e. The zero-order valence-electron chi connectivity index (χ0n) is 6.00. The summed E-state index contributed by atoms with van der Waals surface area (Å²) in [5.41, 5.74) is 7.21. The van der Waals surface area contributed by atoms with E-state index in [2.05, 4.69) is 4.84 Å². The second kappa shape index (κ2) is 4.21. The van der Waals surface area contributed by atoms with Crippen molar-refractivity contribution in [3.8, 4) is 0 Å². The van der Waals surface area contributed by atoms with E-state index in [1.807, 2.05) is 5.48 Å². The van der Waals surface area contributed by atoms with Gasteiger partial charge < -0.3 is 10.8 Å². The number of hydrogen-bond donors (Lipinski definition) is 3. The van der Waals surface area contributed by atoms with Crippen LogP contribution in [0.4, 0.5) is 0 Å². The monoisotopic (exact) mass is 148 g/mol. The van der Waals surface area contributed by atoms with Crippen LogP contribution in [0.25, 0.3) is 0 Å². The lowest BCUT2D eigenvalue weighted by atomic mass is 10.2. The van der Waals surface area contributed by atoms with Crippen molar-refractivity contribution in [2.75, 3.05) is 7.11 Å². The molecule has 0 aromatic carbocycles. The molecule has 0 saturated carbocycles. The summed E-state index contributed by atoms with van der Waals surface area (Å²) in [4.78, 5) is 14.9. The van der Waals surface area contributed by atoms with Gasteiger partial charge in [0.2, 0.25) is 0 Å². The topological polar surface area (TPSA) is 84.6 Å². The molecule has 60 valence electrons. The van der Waals surface area contributed by atoms with E-state index in [0.717, 1.165) is 0 Å². The Morgan fingerprint density at radius 1 is 1.80 bits per heavy atom. The standard InChI is InChI=1S/C5H12N2O3/c1-3(8)4(6)5(9)7-10-2/h3-4,8H,6H2,1-2H3,(H,7,9)/t3-,4+/m1/s1. The molecule has 0 spiro atoms. The van der Waals surface area contributed by atoms with Gasteiger partial charge >= 0.3 is 0 Å². The van der Waals surface area contributed by atoms with Crippen LogP contribution in [0, 0.1) is 0 Å². The summed E-state index contributed by atoms with van der Waals surface area (Å²) in [6.07, 6.45) is -0.866. The summed E-state index contributed by atoms with van der Waals surface area (Å²) in [6.45, 7) is 1.43. The lowest BCUT2D eigenvalue weighted by Gasteiger charge is -2.12. The van der Waals surface area contributed by atoms with E-state index in [0.29, 0.717) is 0 Å². The second-order valence-corrected chi connectivity index (χ2v) is 1.94. The number of carbonyl (C=O) groups excluding carboxylic acids is 1. The predicted molar refractivity (Wildman–Crippen MR) is 34.8 cm³/mol. The first-order valence-corrected chi connectivity index (χ1v) is 2.86. The number of hydrogen-bond acceptors (Lipinski definition) is 4. The number of rotatable bonds is 3. The molecule has 2 atom stereocenters. The third kappa shape index (κ3) is 2.77. The summed E-state index contributed by atoms with van der Waals surface area (Å²) in [7, 11) is 1.30. The molecule has 0 unspecified atom stereocenters. The van der Waals surface area contributed by atoms with Crippen molar-refractivity contribution in [2.45, 2.75) is 19.1 Å². The number of aliphatic hydroxyl groups excluding tert-OH is 1. The predicted octanol–water partition coefficient (Wildman–Crippen LogP) is -1.63. The van der Waals surface area contributed by atoms with E-state index >= 15 is 0 Å². The maximum atomic E-state index is 10.7. The normalized spacial score (nSPS) is 16.0. The van der Waals surface area contributed by atoms with E-state index in [4.69, 9.17) is 10.8 Å². The molecule has 0 bridgehead atoms. The Morgan fingerprint density at radius 3 is 2.60 bits per heavy atom. The van der Waals surface area contributed by atoms with E-state index in [9.17, 15) is 4.79 Å². The van der Waals surface area contributed by atoms with E-state index in [1.165, 1.54) is 14.0 Å². The summed E-state index contributed by atoms with van der Waals surface area (Å²) < 4.78 is 0. The van der Waals surface area contributed by atoms with Crippen LogP contribution in [0.1, 0.15) is 6.92 Å². The number of carbonyl (C=O) groups is 1. The van der Waals surface area contributed by atoms with Gasteiger partial charge in [-0.2, -0.15) is 0 Å². The Kier molecular flexibility index (Phi) is 3.94. The van der Waals surface area contributed by atoms with E-state index in [1.54, 1.807) is 0 Å². The van der Waals surface area contributed by atoms with Gasteiger partial charge in [0.25, 0.3) is 5.91 Å². The lowest BCUT2D eigenvalue weighted by molar-refractivity contribution is -0.134. The molecule has 0 rings (SSSR count). The first-order chi connectivity index (χ1) is 4.59. The molecule has 0 aliphatic heterocycles. The fraction of sp³-hybridized carbons (Fsp3) is 0.800. The molecule has 0 fully saturated rings. The van der Waals surface area contributed by atoms with Crippen LogP contribution in [-0.4, -0.2) is 30.3 Å². The van der Waals surface area contributed by atoms with Crippen molar-refractivity contribution >= 4 is 5.91 Å². The second-order valence-electron chi connectivity index (χ2n) is 1.94. The average molecular weight is 148 g/mol. The molecule has 0 aromatic heterocycles. The third-order valence-electron chi connectivity index (χ3n) is 1.03. The minimum absolute atomic E-state index is 0.530. The van der Waals surface area contributed by atoms with Crippen LogP contribution in [0.3, 0.4) is 0 Å². The van der Waals surface area contributed by atoms with Gasteiger partial charge in [0.15, 0.2) is 0 Å². The molecule has 10 heavy (non-hydrogen) atoms. The molecule has 1 amide bonds. The van der Waals surface area contributed by atoms with Crippen molar-refractivity contribution in [3.63, 3.8) is 0 Å². The summed E-state index contributed by atoms with van der Waals surface area (Å²) in [5.74, 6) is -0.530. The van der Waals surface area contributed by atoms with Gasteiger partial charge in [0.1, 0.15) is 6.04 Å². The molecule has 5 nitrogen and oxygen atoms in total. The molecule has 4 N–H and O–H groups in total. The first kappa shape index (κ1) is 9.35. The van der Waals surface area contributed by atoms with Gasteiger partial charge in [0, 0.05) is 0 Å². The fourth-order valence-electron chi connectivity index (χ4n) is 0.388. The lowest BCUT2D eigenvalue weighted by Crippen LogP contribution is -2.46. The SMILES string of the molecule is CONC(=O)[C@@H](N)[C@@H](C)O. The molecule has 0 saturated heterocycles. The van der Waals surface area contributed by atoms with Crippen LogP contribution in [-0.2, 0) is 9.63 Å². The maximum absolute atomic E-state index is 10.7. The summed E-state index contributed by atoms with van der Waals surface area (Å²) in [5, 5.41) is 8.78. The van der Waals surface area contributed by atoms with Crippen LogP contribution in [0.2, 0.25) is 0 Å². The molecule has 5 heteroatoms. The van der Waals surface area contributed by atoms with Crippen molar-refractivity contribution in [3.05, 3.63) is 0 Å². The molecule has 0 aromatic rings. The zero-order valence-corrected chi connectivity index (χ0v) is 6.00. The number of aliphatic hydroxyl groups is 1. The summed E-state index contributed by atoms with van der Waals surface area (Å²) >= 11 is 0. The van der Waals surface area contributed by atoms with Gasteiger partial charge in [-0.05, 0) is 6.92 Å². The van der Waals surface area contributed by atoms with Crippen LogP contribution in [0.5, 0.6) is 0 Å². The number of nitrogens with one attached hydrogen (secondary N) is 1. The van der Waals surface area contributed by atoms with Crippen LogP contribution < -0.4 is 11.2 Å². The highest BCUT2D eigenvalue weighted by Crippen LogP contribution is 1.87. The van der Waals surface area contributed by atoms with Gasteiger partial charge in [-0.25, -0.2) is 5.48 Å². The number of amides is 1. The Morgan fingerprint density at radius 2 is 2.30 bits per heavy atom. The van der Waals surface area contributed by atoms with Crippen molar-refractivity contribution in [2.24, 2.45) is 5.73 Å². The molecule has 0 aliphatic rings. The number of hydroxylamine groups is 1. The molecular weight excluding hydrogens is 136 g/mol. The quantitative estimate of drug-likeness (QED) is 0.420. The highest BCUT2D eigenvalue weighted by atomic mass is 16.6. The number of nitrogens with two attached hydrogens (primary N) is 1. The highest BCUT2D eigenvalue weighted by Gasteiger charge is 2.17. The summed E-state index contributed by atoms with van der Waals surface area (Å²) in [6, 6.07) is -0.931. The van der Waals surface area contributed by atoms with Crippen LogP contribution >= 0.6 is 0 Å². The van der Waals surface area contributed by atoms with Gasteiger partial charge in [-0.1, -0.05) is 0 Å². The maximum Gasteiger partial charge on any atom is 0.263 e. The Balaban J connectivity index is 3.71. The van der Waals surface area contributed by atoms with Gasteiger partial charge in [0.05, 0.1) is 13.2 Å². The Labute approximate surface area is 59.1 Å². The van der Waals surface area contributed by atoms with E-state index in [-0.39, 0.29) is 0 Å².